The Morgan fingerprint density at radius 3 is 2.91 bits per heavy atom. The van der Waals surface area contributed by atoms with Gasteiger partial charge in [0.25, 0.3) is 12.3 Å². The molecule has 2 aromatic rings. The third-order valence-electron chi connectivity index (χ3n) is 5.69. The number of anilines is 1. The zero-order valence-electron chi connectivity index (χ0n) is 17.3. The zero-order chi connectivity index (χ0) is 23.8. The molecule has 0 aliphatic carbocycles. The minimum Gasteiger partial charge on any atom is -0.370 e. The van der Waals surface area contributed by atoms with Gasteiger partial charge in [0.15, 0.2) is 0 Å². The molecule has 3 heterocycles. The van der Waals surface area contributed by atoms with Crippen LogP contribution >= 0.6 is 0 Å². The van der Waals surface area contributed by atoms with Crippen LogP contribution in [0.1, 0.15) is 35.4 Å². The van der Waals surface area contributed by atoms with Gasteiger partial charge in [-0.15, -0.1) is 0 Å². The van der Waals surface area contributed by atoms with E-state index in [4.69, 9.17) is 10.00 Å². The Kier molecular flexibility index (Phi) is 6.25. The number of ether oxygens (including phenoxy) is 1. The number of alkyl halides is 4. The van der Waals surface area contributed by atoms with Gasteiger partial charge in [-0.2, -0.15) is 19.1 Å². The SMILES string of the molecule is N#Cc1cc(NC(=O)N2CCc3nn4c(c3C2)C(F)(F)CC[C@H](OCC(F)F)C4)ccc1F. The molecular weight excluding hydrogens is 449 g/mol. The van der Waals surface area contributed by atoms with Gasteiger partial charge in [0.2, 0.25) is 0 Å². The number of aromatic nitrogens is 2. The minimum absolute atomic E-state index is 0.0800. The average molecular weight is 469 g/mol. The number of urea groups is 1. The first-order chi connectivity index (χ1) is 15.7. The number of benzene rings is 1. The van der Waals surface area contributed by atoms with Gasteiger partial charge < -0.3 is 15.0 Å². The molecule has 176 valence electrons. The molecular formula is C21H20F5N5O2. The molecule has 4 rings (SSSR count). The summed E-state index contributed by atoms with van der Waals surface area (Å²) >= 11 is 0. The van der Waals surface area contributed by atoms with E-state index in [0.29, 0.717) is 5.69 Å². The molecule has 2 aliphatic heterocycles. The van der Waals surface area contributed by atoms with Crippen molar-refractivity contribution in [2.75, 3.05) is 18.5 Å². The predicted molar refractivity (Wildman–Crippen MR) is 105 cm³/mol. The van der Waals surface area contributed by atoms with Crippen molar-refractivity contribution in [2.45, 2.75) is 50.8 Å². The number of carbonyl (C=O) groups excluding carboxylic acids is 1. The topological polar surface area (TPSA) is 83.2 Å². The van der Waals surface area contributed by atoms with Gasteiger partial charge in [0.1, 0.15) is 24.2 Å². The fourth-order valence-corrected chi connectivity index (χ4v) is 4.12. The lowest BCUT2D eigenvalue weighted by Crippen LogP contribution is -2.39. The third kappa shape index (κ3) is 4.78. The van der Waals surface area contributed by atoms with Crippen molar-refractivity contribution in [1.29, 1.82) is 5.26 Å². The second-order valence-corrected chi connectivity index (χ2v) is 7.95. The van der Waals surface area contributed by atoms with Gasteiger partial charge in [0, 0.05) is 30.6 Å². The van der Waals surface area contributed by atoms with Crippen LogP contribution in [0.2, 0.25) is 0 Å². The summed E-state index contributed by atoms with van der Waals surface area (Å²) in [6.07, 6.45) is -3.98. The lowest BCUT2D eigenvalue weighted by atomic mass is 10.00. The van der Waals surface area contributed by atoms with Crippen molar-refractivity contribution in [1.82, 2.24) is 14.7 Å². The van der Waals surface area contributed by atoms with Crippen LogP contribution in [0, 0.1) is 17.1 Å². The summed E-state index contributed by atoms with van der Waals surface area (Å²) < 4.78 is 74.7. The first-order valence-electron chi connectivity index (χ1n) is 10.3. The van der Waals surface area contributed by atoms with E-state index in [1.54, 1.807) is 6.07 Å². The largest absolute Gasteiger partial charge is 0.370 e. The molecule has 1 aromatic heterocycles. The van der Waals surface area contributed by atoms with E-state index in [2.05, 4.69) is 10.4 Å². The van der Waals surface area contributed by atoms with Crippen LogP contribution in [-0.2, 0) is 30.2 Å². The van der Waals surface area contributed by atoms with Crippen molar-refractivity contribution in [3.8, 4) is 6.07 Å². The molecule has 2 amide bonds. The summed E-state index contributed by atoms with van der Waals surface area (Å²) in [4.78, 5) is 14.0. The van der Waals surface area contributed by atoms with Crippen molar-refractivity contribution in [2.24, 2.45) is 0 Å². The van der Waals surface area contributed by atoms with E-state index in [-0.39, 0.29) is 55.0 Å². The van der Waals surface area contributed by atoms with Crippen LogP contribution in [0.15, 0.2) is 18.2 Å². The molecule has 7 nitrogen and oxygen atoms in total. The van der Waals surface area contributed by atoms with E-state index in [1.807, 2.05) is 0 Å². The highest BCUT2D eigenvalue weighted by atomic mass is 19.3. The second-order valence-electron chi connectivity index (χ2n) is 7.95. The first kappa shape index (κ1) is 23.0. The number of nitriles is 1. The predicted octanol–water partition coefficient (Wildman–Crippen LogP) is 4.02. The zero-order valence-corrected chi connectivity index (χ0v) is 17.3. The highest BCUT2D eigenvalue weighted by Gasteiger charge is 2.44. The fraction of sp³-hybridized carbons (Fsp3) is 0.476. The molecule has 1 atom stereocenters. The normalized spacial score (nSPS) is 19.4. The second kappa shape index (κ2) is 8.97. The molecule has 2 aliphatic rings. The van der Waals surface area contributed by atoms with Gasteiger partial charge in [-0.25, -0.2) is 18.0 Å². The van der Waals surface area contributed by atoms with E-state index < -0.39 is 43.3 Å². The van der Waals surface area contributed by atoms with Gasteiger partial charge in [0.05, 0.1) is 30.5 Å². The monoisotopic (exact) mass is 469 g/mol. The lowest BCUT2D eigenvalue weighted by molar-refractivity contribution is -0.0493. The van der Waals surface area contributed by atoms with E-state index in [1.165, 1.54) is 17.0 Å². The summed E-state index contributed by atoms with van der Waals surface area (Å²) in [5.41, 5.74) is 0.289. The Balaban J connectivity index is 1.53. The van der Waals surface area contributed by atoms with Crippen molar-refractivity contribution >= 4 is 11.7 Å². The summed E-state index contributed by atoms with van der Waals surface area (Å²) in [6.45, 7) is -0.833. The number of hydrogen-bond acceptors (Lipinski definition) is 4. The van der Waals surface area contributed by atoms with Crippen LogP contribution in [0.4, 0.5) is 32.4 Å². The van der Waals surface area contributed by atoms with Crippen molar-refractivity contribution < 1.29 is 31.5 Å². The van der Waals surface area contributed by atoms with Crippen LogP contribution in [-0.4, -0.2) is 46.4 Å². The molecule has 33 heavy (non-hydrogen) atoms. The Morgan fingerprint density at radius 2 is 2.18 bits per heavy atom. The number of hydrogen-bond donors (Lipinski definition) is 1. The fourth-order valence-electron chi connectivity index (χ4n) is 4.12. The summed E-state index contributed by atoms with van der Waals surface area (Å²) in [5.74, 6) is -3.99. The smallest absolute Gasteiger partial charge is 0.322 e. The Morgan fingerprint density at radius 1 is 1.39 bits per heavy atom. The number of nitrogens with zero attached hydrogens (tertiary/aromatic N) is 4. The molecule has 0 bridgehead atoms. The van der Waals surface area contributed by atoms with E-state index in [0.717, 1.165) is 10.7 Å². The Bertz CT molecular complexity index is 1100. The number of rotatable bonds is 4. The maximum absolute atomic E-state index is 15.0. The molecule has 0 spiro atoms. The number of amides is 2. The molecule has 1 N–H and O–H groups in total. The van der Waals surface area contributed by atoms with E-state index in [9.17, 15) is 26.7 Å². The Labute approximate surface area is 185 Å². The lowest BCUT2D eigenvalue weighted by Gasteiger charge is -2.28. The number of halogens is 5. The maximum Gasteiger partial charge on any atom is 0.322 e. The molecule has 0 unspecified atom stereocenters. The standard InChI is InChI=1S/C21H20F5N5O2/c22-16-2-1-13(7-12(16)8-27)28-20(32)30-6-4-17-15(10-30)19-21(25,26)5-3-14(9-31(19)29-17)33-11-18(23)24/h1-2,7,14,18H,3-6,9-11H2,(H,28,32)/t14-/m0/s1. The molecule has 0 saturated heterocycles. The third-order valence-corrected chi connectivity index (χ3v) is 5.69. The highest BCUT2D eigenvalue weighted by Crippen LogP contribution is 2.41. The van der Waals surface area contributed by atoms with Crippen LogP contribution in [0.25, 0.3) is 0 Å². The average Bonchev–Trinajstić information content (AvgIpc) is 3.08. The minimum atomic E-state index is -3.26. The summed E-state index contributed by atoms with van der Waals surface area (Å²) in [6, 6.07) is 4.61. The van der Waals surface area contributed by atoms with Gasteiger partial charge in [-0.05, 0) is 24.6 Å². The van der Waals surface area contributed by atoms with Crippen LogP contribution < -0.4 is 5.32 Å². The maximum atomic E-state index is 15.0. The van der Waals surface area contributed by atoms with E-state index >= 15 is 0 Å². The molecule has 0 fully saturated rings. The number of nitrogens with one attached hydrogen (secondary N) is 1. The molecule has 0 radical (unpaired) electrons. The van der Waals surface area contributed by atoms with Crippen molar-refractivity contribution in [3.63, 3.8) is 0 Å². The number of fused-ring (bicyclic) bond motifs is 3. The quantitative estimate of drug-likeness (QED) is 0.686. The van der Waals surface area contributed by atoms with Gasteiger partial charge in [-0.1, -0.05) is 0 Å². The molecule has 0 saturated carbocycles. The number of carbonyl (C=O) groups is 1. The van der Waals surface area contributed by atoms with Crippen LogP contribution in [0.5, 0.6) is 0 Å². The summed E-state index contributed by atoms with van der Waals surface area (Å²) in [7, 11) is 0. The van der Waals surface area contributed by atoms with Crippen molar-refractivity contribution in [3.05, 3.63) is 46.5 Å². The molecule has 12 heteroatoms. The van der Waals surface area contributed by atoms with Gasteiger partial charge in [-0.3, -0.25) is 4.68 Å². The van der Waals surface area contributed by atoms with Crippen LogP contribution in [0.3, 0.4) is 0 Å². The van der Waals surface area contributed by atoms with Gasteiger partial charge >= 0.3 is 6.03 Å². The first-order valence-corrected chi connectivity index (χ1v) is 10.3. The molecule has 1 aromatic carbocycles. The highest BCUT2D eigenvalue weighted by molar-refractivity contribution is 5.89. The Hall–Kier alpha value is -3.20. The summed E-state index contributed by atoms with van der Waals surface area (Å²) in [5, 5.41) is 15.8.